The van der Waals surface area contributed by atoms with Crippen LogP contribution in [0.3, 0.4) is 0 Å². The summed E-state index contributed by atoms with van der Waals surface area (Å²) in [4.78, 5) is 24.7. The minimum atomic E-state index is -0.332. The molecule has 1 aliphatic rings. The summed E-state index contributed by atoms with van der Waals surface area (Å²) in [6, 6.07) is 0. The summed E-state index contributed by atoms with van der Waals surface area (Å²) < 4.78 is 4.87. The molecule has 23 heavy (non-hydrogen) atoms. The van der Waals surface area contributed by atoms with E-state index in [9.17, 15) is 9.90 Å². The molecule has 3 rings (SSSR count). The lowest BCUT2D eigenvalue weighted by Gasteiger charge is -2.33. The smallest absolute Gasteiger partial charge is 0.348 e. The van der Waals surface area contributed by atoms with E-state index in [0.717, 1.165) is 47.5 Å². The molecule has 1 saturated heterocycles. The lowest BCUT2D eigenvalue weighted by molar-refractivity contribution is 0.0605. The Kier molecular flexibility index (Phi) is 4.50. The first kappa shape index (κ1) is 16.1. The number of nitrogens with zero attached hydrogens (tertiary/aromatic N) is 3. The molecule has 124 valence electrons. The fraction of sp³-hybridized carbons (Fsp3) is 0.562. The minimum Gasteiger partial charge on any atom is -0.465 e. The molecule has 0 spiro atoms. The van der Waals surface area contributed by atoms with Gasteiger partial charge in [0.15, 0.2) is 0 Å². The molecule has 0 aromatic carbocycles. The van der Waals surface area contributed by atoms with E-state index in [2.05, 4.69) is 14.9 Å². The van der Waals surface area contributed by atoms with Gasteiger partial charge in [-0.05, 0) is 38.2 Å². The number of aliphatic hydroxyl groups excluding tert-OH is 1. The van der Waals surface area contributed by atoms with Crippen molar-refractivity contribution in [2.45, 2.75) is 26.7 Å². The van der Waals surface area contributed by atoms with Gasteiger partial charge in [0.25, 0.3) is 0 Å². The molecule has 1 fully saturated rings. The second-order valence-electron chi connectivity index (χ2n) is 5.96. The Balaban J connectivity index is 2.12. The van der Waals surface area contributed by atoms with Crippen LogP contribution in [0.25, 0.3) is 10.2 Å². The summed E-state index contributed by atoms with van der Waals surface area (Å²) in [6.07, 6.45) is 2.07. The van der Waals surface area contributed by atoms with E-state index in [1.54, 1.807) is 0 Å². The van der Waals surface area contributed by atoms with Crippen molar-refractivity contribution in [1.29, 1.82) is 0 Å². The molecule has 7 heteroatoms. The average Bonchev–Trinajstić information content (AvgIpc) is 2.90. The van der Waals surface area contributed by atoms with Crippen LogP contribution in [0.1, 0.15) is 33.9 Å². The van der Waals surface area contributed by atoms with Gasteiger partial charge in [0.2, 0.25) is 0 Å². The number of carbonyl (C=O) groups excluding carboxylic acids is 1. The Morgan fingerprint density at radius 2 is 2.22 bits per heavy atom. The number of rotatable bonds is 3. The molecule has 3 heterocycles. The van der Waals surface area contributed by atoms with Crippen LogP contribution in [0, 0.1) is 19.8 Å². The van der Waals surface area contributed by atoms with E-state index in [-0.39, 0.29) is 18.5 Å². The molecule has 0 radical (unpaired) electrons. The first-order chi connectivity index (χ1) is 11.0. The zero-order valence-electron chi connectivity index (χ0n) is 13.6. The Bertz CT molecular complexity index is 744. The number of anilines is 1. The number of carbonyl (C=O) groups is 1. The number of aliphatic hydroxyl groups is 1. The molecule has 1 atom stereocenters. The SMILES string of the molecule is COC(=O)c1sc2nc(C)nc(N3CCC[C@@H](CO)C3)c2c1C. The van der Waals surface area contributed by atoms with Crippen molar-refractivity contribution in [3.63, 3.8) is 0 Å². The molecule has 2 aromatic heterocycles. The minimum absolute atomic E-state index is 0.194. The third-order valence-corrected chi connectivity index (χ3v) is 5.50. The van der Waals surface area contributed by atoms with Crippen molar-refractivity contribution in [2.75, 3.05) is 31.7 Å². The predicted octanol–water partition coefficient (Wildman–Crippen LogP) is 2.30. The van der Waals surface area contributed by atoms with Crippen molar-refractivity contribution in [2.24, 2.45) is 5.92 Å². The Morgan fingerprint density at radius 1 is 1.43 bits per heavy atom. The first-order valence-corrected chi connectivity index (χ1v) is 8.58. The van der Waals surface area contributed by atoms with Crippen molar-refractivity contribution < 1.29 is 14.6 Å². The van der Waals surface area contributed by atoms with E-state index in [1.165, 1.54) is 18.4 Å². The predicted molar refractivity (Wildman–Crippen MR) is 90.3 cm³/mol. The van der Waals surface area contributed by atoms with Crippen LogP contribution in [-0.4, -0.2) is 47.8 Å². The molecular formula is C16H21N3O3S. The van der Waals surface area contributed by atoms with Gasteiger partial charge in [0.05, 0.1) is 12.5 Å². The molecule has 0 unspecified atom stereocenters. The summed E-state index contributed by atoms with van der Waals surface area (Å²) in [6.45, 7) is 5.67. The number of methoxy groups -OCH3 is 1. The molecular weight excluding hydrogens is 314 g/mol. The topological polar surface area (TPSA) is 75.5 Å². The number of thiophene rings is 1. The fourth-order valence-corrected chi connectivity index (χ4v) is 4.28. The van der Waals surface area contributed by atoms with E-state index in [1.807, 2.05) is 13.8 Å². The number of hydrogen-bond acceptors (Lipinski definition) is 7. The lowest BCUT2D eigenvalue weighted by Crippen LogP contribution is -2.37. The number of esters is 1. The second-order valence-corrected chi connectivity index (χ2v) is 6.96. The summed E-state index contributed by atoms with van der Waals surface area (Å²) >= 11 is 1.35. The van der Waals surface area contributed by atoms with Gasteiger partial charge in [-0.1, -0.05) is 0 Å². The van der Waals surface area contributed by atoms with Crippen LogP contribution in [0.5, 0.6) is 0 Å². The number of hydrogen-bond donors (Lipinski definition) is 1. The van der Waals surface area contributed by atoms with E-state index in [4.69, 9.17) is 4.74 Å². The van der Waals surface area contributed by atoms with Gasteiger partial charge in [-0.15, -0.1) is 11.3 Å². The lowest BCUT2D eigenvalue weighted by atomic mass is 9.98. The van der Waals surface area contributed by atoms with Crippen molar-refractivity contribution >= 4 is 33.3 Å². The fourth-order valence-electron chi connectivity index (χ4n) is 3.14. The van der Waals surface area contributed by atoms with E-state index in [0.29, 0.717) is 10.7 Å². The van der Waals surface area contributed by atoms with Crippen molar-refractivity contribution in [3.8, 4) is 0 Å². The number of aromatic nitrogens is 2. The first-order valence-electron chi connectivity index (χ1n) is 7.77. The van der Waals surface area contributed by atoms with Gasteiger partial charge in [-0.25, -0.2) is 14.8 Å². The molecule has 1 N–H and O–H groups in total. The maximum Gasteiger partial charge on any atom is 0.348 e. The number of ether oxygens (including phenoxy) is 1. The van der Waals surface area contributed by atoms with Gasteiger partial charge in [-0.2, -0.15) is 0 Å². The third-order valence-electron chi connectivity index (χ3n) is 4.33. The molecule has 2 aromatic rings. The van der Waals surface area contributed by atoms with Crippen molar-refractivity contribution in [1.82, 2.24) is 9.97 Å². The number of aryl methyl sites for hydroxylation is 2. The Labute approximate surface area is 139 Å². The van der Waals surface area contributed by atoms with Crippen LogP contribution in [0.15, 0.2) is 0 Å². The van der Waals surface area contributed by atoms with Gasteiger partial charge >= 0.3 is 5.97 Å². The van der Waals surface area contributed by atoms with Gasteiger partial charge in [-0.3, -0.25) is 0 Å². The van der Waals surface area contributed by atoms with Gasteiger partial charge in [0.1, 0.15) is 21.3 Å². The summed E-state index contributed by atoms with van der Waals surface area (Å²) in [5, 5.41) is 10.4. The monoisotopic (exact) mass is 335 g/mol. The average molecular weight is 335 g/mol. The zero-order chi connectivity index (χ0) is 16.6. The quantitative estimate of drug-likeness (QED) is 0.868. The third kappa shape index (κ3) is 2.90. The van der Waals surface area contributed by atoms with E-state index < -0.39 is 0 Å². The highest BCUT2D eigenvalue weighted by atomic mass is 32.1. The summed E-state index contributed by atoms with van der Waals surface area (Å²) in [5.74, 6) is 1.50. The second kappa shape index (κ2) is 6.41. The van der Waals surface area contributed by atoms with Crippen LogP contribution in [0.2, 0.25) is 0 Å². The Morgan fingerprint density at radius 3 is 2.91 bits per heavy atom. The van der Waals surface area contributed by atoms with Crippen LogP contribution in [0.4, 0.5) is 5.82 Å². The standard InChI is InChI=1S/C16H21N3O3S/c1-9-12-14(19-6-4-5-11(7-19)8-20)17-10(2)18-15(12)23-13(9)16(21)22-3/h11,20H,4-8H2,1-3H3/t11-/m1/s1. The van der Waals surface area contributed by atoms with Crippen LogP contribution < -0.4 is 4.90 Å². The molecule has 0 aliphatic carbocycles. The van der Waals surface area contributed by atoms with Gasteiger partial charge < -0.3 is 14.7 Å². The normalized spacial score (nSPS) is 18.4. The molecule has 0 bridgehead atoms. The molecule has 0 amide bonds. The zero-order valence-corrected chi connectivity index (χ0v) is 14.4. The highest BCUT2D eigenvalue weighted by Gasteiger charge is 2.26. The summed E-state index contributed by atoms with van der Waals surface area (Å²) in [5.41, 5.74) is 0.873. The molecule has 6 nitrogen and oxygen atoms in total. The number of fused-ring (bicyclic) bond motifs is 1. The number of piperidine rings is 1. The highest BCUT2D eigenvalue weighted by molar-refractivity contribution is 7.20. The molecule has 1 aliphatic heterocycles. The maximum atomic E-state index is 12.0. The Hall–Kier alpha value is -1.73. The van der Waals surface area contributed by atoms with Crippen molar-refractivity contribution in [3.05, 3.63) is 16.3 Å². The maximum absolute atomic E-state index is 12.0. The summed E-state index contributed by atoms with van der Waals surface area (Å²) in [7, 11) is 1.39. The van der Waals surface area contributed by atoms with Crippen LogP contribution >= 0.6 is 11.3 Å². The highest BCUT2D eigenvalue weighted by Crippen LogP contribution is 2.37. The largest absolute Gasteiger partial charge is 0.465 e. The van der Waals surface area contributed by atoms with E-state index >= 15 is 0 Å². The molecule has 0 saturated carbocycles. The van der Waals surface area contributed by atoms with Gasteiger partial charge in [0, 0.05) is 19.7 Å². The van der Waals surface area contributed by atoms with Crippen LogP contribution in [-0.2, 0) is 4.74 Å².